The first-order chi connectivity index (χ1) is 11.2. The molecule has 1 aliphatic heterocycles. The van der Waals surface area contributed by atoms with Gasteiger partial charge in [0.2, 0.25) is 5.91 Å². The Labute approximate surface area is 138 Å². The Kier molecular flexibility index (Phi) is 7.17. The van der Waals surface area contributed by atoms with E-state index < -0.39 is 0 Å². The normalized spacial score (nSPS) is 15.0. The topological polar surface area (TPSA) is 53.8 Å². The van der Waals surface area contributed by atoms with Crippen LogP contribution in [0.2, 0.25) is 0 Å². The summed E-state index contributed by atoms with van der Waals surface area (Å²) < 4.78 is 5.14. The average molecular weight is 320 g/mol. The summed E-state index contributed by atoms with van der Waals surface area (Å²) in [5.74, 6) is 0.514. The highest BCUT2D eigenvalue weighted by molar-refractivity contribution is 5.91. The van der Waals surface area contributed by atoms with E-state index in [0.717, 1.165) is 12.8 Å². The molecule has 23 heavy (non-hydrogen) atoms. The first-order valence-corrected chi connectivity index (χ1v) is 8.83. The molecule has 0 bridgehead atoms. The number of furan rings is 1. The van der Waals surface area contributed by atoms with Crippen molar-refractivity contribution in [3.63, 3.8) is 0 Å². The van der Waals surface area contributed by atoms with Crippen LogP contribution in [0.3, 0.4) is 0 Å². The van der Waals surface area contributed by atoms with Crippen molar-refractivity contribution in [1.82, 2.24) is 9.80 Å². The van der Waals surface area contributed by atoms with Gasteiger partial charge in [-0.3, -0.25) is 9.59 Å². The lowest BCUT2D eigenvalue weighted by molar-refractivity contribution is -0.132. The van der Waals surface area contributed by atoms with Crippen molar-refractivity contribution >= 4 is 11.8 Å². The van der Waals surface area contributed by atoms with E-state index in [-0.39, 0.29) is 11.8 Å². The van der Waals surface area contributed by atoms with Crippen molar-refractivity contribution in [2.24, 2.45) is 0 Å². The van der Waals surface area contributed by atoms with Crippen LogP contribution < -0.4 is 0 Å². The highest BCUT2D eigenvalue weighted by atomic mass is 16.3. The molecule has 0 radical (unpaired) electrons. The Bertz CT molecular complexity index is 476. The van der Waals surface area contributed by atoms with E-state index in [4.69, 9.17) is 4.42 Å². The number of unbranched alkanes of at least 4 members (excludes halogenated alkanes) is 5. The van der Waals surface area contributed by atoms with Crippen LogP contribution in [0.15, 0.2) is 22.8 Å². The lowest BCUT2D eigenvalue weighted by Crippen LogP contribution is -2.50. The van der Waals surface area contributed by atoms with E-state index in [1.54, 1.807) is 17.0 Å². The van der Waals surface area contributed by atoms with Crippen molar-refractivity contribution in [3.05, 3.63) is 24.2 Å². The van der Waals surface area contributed by atoms with Gasteiger partial charge in [-0.15, -0.1) is 0 Å². The maximum Gasteiger partial charge on any atom is 0.289 e. The molecule has 128 valence electrons. The molecule has 0 saturated carbocycles. The fourth-order valence-corrected chi connectivity index (χ4v) is 2.93. The predicted octanol–water partition coefficient (Wildman–Crippen LogP) is 3.31. The molecule has 0 aliphatic carbocycles. The molecule has 1 aliphatic rings. The molecule has 5 heteroatoms. The molecular weight excluding hydrogens is 292 g/mol. The van der Waals surface area contributed by atoms with Gasteiger partial charge in [-0.05, 0) is 18.6 Å². The van der Waals surface area contributed by atoms with E-state index in [0.29, 0.717) is 38.4 Å². The van der Waals surface area contributed by atoms with Gasteiger partial charge in [0.05, 0.1) is 6.26 Å². The van der Waals surface area contributed by atoms with Crippen LogP contribution >= 0.6 is 0 Å². The molecule has 2 heterocycles. The summed E-state index contributed by atoms with van der Waals surface area (Å²) in [5, 5.41) is 0. The Hall–Kier alpha value is -1.78. The fourth-order valence-electron chi connectivity index (χ4n) is 2.93. The second-order valence-electron chi connectivity index (χ2n) is 6.17. The zero-order valence-electron chi connectivity index (χ0n) is 14.1. The number of amides is 2. The summed E-state index contributed by atoms with van der Waals surface area (Å²) in [7, 11) is 0. The maximum atomic E-state index is 12.2. The first kappa shape index (κ1) is 17.6. The number of nitrogens with zero attached hydrogens (tertiary/aromatic N) is 2. The molecule has 1 saturated heterocycles. The number of carbonyl (C=O) groups is 2. The Balaban J connectivity index is 1.64. The maximum absolute atomic E-state index is 12.2. The van der Waals surface area contributed by atoms with Crippen LogP contribution in [-0.4, -0.2) is 47.8 Å². The zero-order chi connectivity index (χ0) is 16.5. The van der Waals surface area contributed by atoms with Gasteiger partial charge in [-0.2, -0.15) is 0 Å². The fraction of sp³-hybridized carbons (Fsp3) is 0.667. The van der Waals surface area contributed by atoms with Gasteiger partial charge >= 0.3 is 0 Å². The molecule has 1 aromatic heterocycles. The van der Waals surface area contributed by atoms with Gasteiger partial charge in [-0.25, -0.2) is 0 Å². The van der Waals surface area contributed by atoms with Crippen LogP contribution in [0, 0.1) is 0 Å². The quantitative estimate of drug-likeness (QED) is 0.691. The lowest BCUT2D eigenvalue weighted by Gasteiger charge is -2.34. The number of piperazine rings is 1. The molecule has 1 aromatic rings. The van der Waals surface area contributed by atoms with Gasteiger partial charge in [0.25, 0.3) is 5.91 Å². The summed E-state index contributed by atoms with van der Waals surface area (Å²) in [6.07, 6.45) is 9.31. The van der Waals surface area contributed by atoms with Gasteiger partial charge in [-0.1, -0.05) is 39.0 Å². The third-order valence-corrected chi connectivity index (χ3v) is 4.40. The van der Waals surface area contributed by atoms with Crippen molar-refractivity contribution in [2.45, 2.75) is 51.9 Å². The Morgan fingerprint density at radius 3 is 2.30 bits per heavy atom. The number of hydrogen-bond donors (Lipinski definition) is 0. The van der Waals surface area contributed by atoms with Crippen LogP contribution in [0.1, 0.15) is 62.4 Å². The van der Waals surface area contributed by atoms with E-state index in [2.05, 4.69) is 6.92 Å². The highest BCUT2D eigenvalue weighted by Crippen LogP contribution is 2.12. The number of hydrogen-bond acceptors (Lipinski definition) is 3. The van der Waals surface area contributed by atoms with Crippen LogP contribution in [-0.2, 0) is 4.79 Å². The smallest absolute Gasteiger partial charge is 0.289 e. The lowest BCUT2D eigenvalue weighted by atomic mass is 10.1. The molecule has 0 aromatic carbocycles. The standard InChI is InChI=1S/C18H28N2O3/c1-2-3-4-5-6-7-10-17(21)19-11-13-20(14-12-19)18(22)16-9-8-15-23-16/h8-9,15H,2-7,10-14H2,1H3. The number of carbonyl (C=O) groups excluding carboxylic acids is 2. The Morgan fingerprint density at radius 2 is 1.65 bits per heavy atom. The largest absolute Gasteiger partial charge is 0.459 e. The summed E-state index contributed by atoms with van der Waals surface area (Å²) in [5.41, 5.74) is 0. The summed E-state index contributed by atoms with van der Waals surface area (Å²) in [4.78, 5) is 28.0. The van der Waals surface area contributed by atoms with Gasteiger partial charge < -0.3 is 14.2 Å². The number of rotatable bonds is 8. The molecule has 0 N–H and O–H groups in total. The van der Waals surface area contributed by atoms with Gasteiger partial charge in [0.15, 0.2) is 5.76 Å². The summed E-state index contributed by atoms with van der Waals surface area (Å²) >= 11 is 0. The van der Waals surface area contributed by atoms with Crippen LogP contribution in [0.4, 0.5) is 0 Å². The minimum atomic E-state index is -0.0852. The van der Waals surface area contributed by atoms with Crippen molar-refractivity contribution in [2.75, 3.05) is 26.2 Å². The summed E-state index contributed by atoms with van der Waals surface area (Å²) in [6.45, 7) is 4.63. The van der Waals surface area contributed by atoms with E-state index in [1.807, 2.05) is 4.90 Å². The zero-order valence-corrected chi connectivity index (χ0v) is 14.1. The predicted molar refractivity (Wildman–Crippen MR) is 89.2 cm³/mol. The van der Waals surface area contributed by atoms with Crippen LogP contribution in [0.25, 0.3) is 0 Å². The average Bonchev–Trinajstić information content (AvgIpc) is 3.12. The molecule has 2 rings (SSSR count). The molecule has 1 fully saturated rings. The second-order valence-corrected chi connectivity index (χ2v) is 6.17. The second kappa shape index (κ2) is 9.38. The van der Waals surface area contributed by atoms with Crippen molar-refractivity contribution in [3.8, 4) is 0 Å². The van der Waals surface area contributed by atoms with E-state index in [9.17, 15) is 9.59 Å². The minimum Gasteiger partial charge on any atom is -0.459 e. The summed E-state index contributed by atoms with van der Waals surface area (Å²) in [6, 6.07) is 3.39. The molecule has 0 unspecified atom stereocenters. The molecule has 2 amide bonds. The van der Waals surface area contributed by atoms with Gasteiger partial charge in [0, 0.05) is 32.6 Å². The first-order valence-electron chi connectivity index (χ1n) is 8.83. The van der Waals surface area contributed by atoms with Crippen molar-refractivity contribution < 1.29 is 14.0 Å². The van der Waals surface area contributed by atoms with Crippen LogP contribution in [0.5, 0.6) is 0 Å². The molecule has 0 spiro atoms. The van der Waals surface area contributed by atoms with Gasteiger partial charge in [0.1, 0.15) is 0 Å². The molecular formula is C18H28N2O3. The third kappa shape index (κ3) is 5.41. The molecule has 0 atom stereocenters. The minimum absolute atomic E-state index is 0.0852. The van der Waals surface area contributed by atoms with E-state index in [1.165, 1.54) is 31.9 Å². The highest BCUT2D eigenvalue weighted by Gasteiger charge is 2.25. The van der Waals surface area contributed by atoms with Crippen molar-refractivity contribution in [1.29, 1.82) is 0 Å². The SMILES string of the molecule is CCCCCCCCC(=O)N1CCN(C(=O)c2ccco2)CC1. The third-order valence-electron chi connectivity index (χ3n) is 4.40. The van der Waals surface area contributed by atoms with E-state index >= 15 is 0 Å². The monoisotopic (exact) mass is 320 g/mol. The Morgan fingerprint density at radius 1 is 1.00 bits per heavy atom. The molecule has 5 nitrogen and oxygen atoms in total.